The Hall–Kier alpha value is -3.11. The summed E-state index contributed by atoms with van der Waals surface area (Å²) in [6.07, 6.45) is -0.484. The number of aromatic nitrogens is 2. The molecule has 1 aliphatic rings. The molecule has 1 aliphatic heterocycles. The fourth-order valence-corrected chi connectivity index (χ4v) is 5.44. The van der Waals surface area contributed by atoms with Gasteiger partial charge in [-0.2, -0.15) is 5.10 Å². The van der Waals surface area contributed by atoms with E-state index in [4.69, 9.17) is 10.5 Å². The van der Waals surface area contributed by atoms with Gasteiger partial charge in [-0.05, 0) is 49.9 Å². The van der Waals surface area contributed by atoms with Crippen molar-refractivity contribution < 1.29 is 9.13 Å². The molecule has 0 aliphatic carbocycles. The van der Waals surface area contributed by atoms with Crippen LogP contribution in [0.25, 0.3) is 21.2 Å². The highest BCUT2D eigenvalue weighted by Gasteiger charge is 2.18. The van der Waals surface area contributed by atoms with E-state index >= 15 is 0 Å². The largest absolute Gasteiger partial charge is 0.378 e. The van der Waals surface area contributed by atoms with Crippen molar-refractivity contribution in [3.63, 3.8) is 0 Å². The highest BCUT2D eigenvalue weighted by atomic mass is 32.1. The second-order valence-corrected chi connectivity index (χ2v) is 9.70. The van der Waals surface area contributed by atoms with Crippen molar-refractivity contribution in [2.24, 2.45) is 5.73 Å². The summed E-state index contributed by atoms with van der Waals surface area (Å²) in [5, 5.41) is 17.2. The van der Waals surface area contributed by atoms with Gasteiger partial charge in [0.2, 0.25) is 0 Å². The zero-order chi connectivity index (χ0) is 24.4. The van der Waals surface area contributed by atoms with Gasteiger partial charge in [-0.15, -0.1) is 16.4 Å². The van der Waals surface area contributed by atoms with Crippen LogP contribution in [0.5, 0.6) is 0 Å². The molecule has 4 aromatic rings. The summed E-state index contributed by atoms with van der Waals surface area (Å²) in [4.78, 5) is 4.21. The number of hydrogen-bond donors (Lipinski definition) is 3. The number of ether oxygens (including phenoxy) is 1. The van der Waals surface area contributed by atoms with Crippen LogP contribution in [0, 0.1) is 12.7 Å². The van der Waals surface area contributed by atoms with E-state index in [-0.39, 0.29) is 5.82 Å². The Kier molecular flexibility index (Phi) is 6.92. The molecule has 5 rings (SSSR count). The third kappa shape index (κ3) is 4.85. The lowest BCUT2D eigenvalue weighted by molar-refractivity contribution is 0.122. The lowest BCUT2D eigenvalue weighted by Gasteiger charge is -2.29. The van der Waals surface area contributed by atoms with Crippen LogP contribution >= 0.6 is 11.3 Å². The van der Waals surface area contributed by atoms with Gasteiger partial charge in [0.05, 0.1) is 18.9 Å². The monoisotopic (exact) mass is 492 g/mol. The first kappa shape index (κ1) is 23.6. The highest BCUT2D eigenvalue weighted by Crippen LogP contribution is 2.35. The van der Waals surface area contributed by atoms with Gasteiger partial charge in [0.1, 0.15) is 12.0 Å². The van der Waals surface area contributed by atoms with E-state index in [0.29, 0.717) is 17.9 Å². The number of morpholine rings is 1. The second kappa shape index (κ2) is 10.2. The summed E-state index contributed by atoms with van der Waals surface area (Å²) in [5.74, 6) is 0.427. The third-order valence-electron chi connectivity index (χ3n) is 6.29. The molecule has 2 aromatic heterocycles. The molecule has 7 nitrogen and oxygen atoms in total. The quantitative estimate of drug-likeness (QED) is 0.329. The minimum atomic E-state index is -0.484. The SMILES string of the molecule is CNCc1c(F)cccc1-c1ccc([C@@H](N)Nc2nnc(C)c3ccc(N4CCOCC4)cc23)s1. The minimum Gasteiger partial charge on any atom is -0.378 e. The number of benzene rings is 2. The zero-order valence-corrected chi connectivity index (χ0v) is 20.7. The van der Waals surface area contributed by atoms with Crippen molar-refractivity contribution in [2.45, 2.75) is 19.6 Å². The van der Waals surface area contributed by atoms with Crippen molar-refractivity contribution in [2.75, 3.05) is 43.6 Å². The van der Waals surface area contributed by atoms with Crippen molar-refractivity contribution in [1.29, 1.82) is 0 Å². The van der Waals surface area contributed by atoms with E-state index in [1.807, 2.05) is 32.2 Å². The molecule has 1 fully saturated rings. The minimum absolute atomic E-state index is 0.216. The van der Waals surface area contributed by atoms with Gasteiger partial charge in [0, 0.05) is 51.4 Å². The number of thiophene rings is 1. The van der Waals surface area contributed by atoms with Gasteiger partial charge >= 0.3 is 0 Å². The van der Waals surface area contributed by atoms with Crippen LogP contribution in [0.2, 0.25) is 0 Å². The van der Waals surface area contributed by atoms with Crippen LogP contribution in [-0.4, -0.2) is 43.5 Å². The van der Waals surface area contributed by atoms with E-state index in [9.17, 15) is 4.39 Å². The molecule has 35 heavy (non-hydrogen) atoms. The van der Waals surface area contributed by atoms with E-state index in [2.05, 4.69) is 43.9 Å². The van der Waals surface area contributed by atoms with Crippen LogP contribution in [0.1, 0.15) is 22.3 Å². The molecule has 0 saturated carbocycles. The third-order valence-corrected chi connectivity index (χ3v) is 7.49. The molecule has 1 saturated heterocycles. The van der Waals surface area contributed by atoms with Crippen molar-refractivity contribution in [1.82, 2.24) is 15.5 Å². The van der Waals surface area contributed by atoms with Gasteiger partial charge in [0.25, 0.3) is 0 Å². The molecule has 2 aromatic carbocycles. The molecule has 9 heteroatoms. The summed E-state index contributed by atoms with van der Waals surface area (Å²) in [6.45, 7) is 5.59. The number of nitrogens with two attached hydrogens (primary N) is 1. The summed E-state index contributed by atoms with van der Waals surface area (Å²) < 4.78 is 19.9. The number of rotatable bonds is 7. The number of nitrogens with one attached hydrogen (secondary N) is 2. The second-order valence-electron chi connectivity index (χ2n) is 8.58. The fraction of sp³-hybridized carbons (Fsp3) is 0.308. The maximum absolute atomic E-state index is 14.4. The number of halogens is 1. The number of hydrogen-bond acceptors (Lipinski definition) is 8. The predicted octanol–water partition coefficient (Wildman–Crippen LogP) is 4.43. The Morgan fingerprint density at radius 3 is 2.74 bits per heavy atom. The first-order valence-corrected chi connectivity index (χ1v) is 12.5. The van der Waals surface area contributed by atoms with Crippen LogP contribution in [0.3, 0.4) is 0 Å². The van der Waals surface area contributed by atoms with Gasteiger partial charge in [0.15, 0.2) is 5.82 Å². The topological polar surface area (TPSA) is 88.3 Å². The van der Waals surface area contributed by atoms with Crippen molar-refractivity contribution >= 4 is 33.6 Å². The lowest BCUT2D eigenvalue weighted by atomic mass is 10.1. The Morgan fingerprint density at radius 1 is 1.11 bits per heavy atom. The Morgan fingerprint density at radius 2 is 1.94 bits per heavy atom. The molecule has 0 spiro atoms. The highest BCUT2D eigenvalue weighted by molar-refractivity contribution is 7.15. The smallest absolute Gasteiger partial charge is 0.158 e. The van der Waals surface area contributed by atoms with Gasteiger partial charge in [-0.1, -0.05) is 18.2 Å². The Bertz CT molecular complexity index is 1340. The van der Waals surface area contributed by atoms with Gasteiger partial charge in [-0.25, -0.2) is 4.39 Å². The molecule has 0 unspecified atom stereocenters. The maximum Gasteiger partial charge on any atom is 0.158 e. The van der Waals surface area contributed by atoms with E-state index in [1.165, 1.54) is 6.07 Å². The molecule has 182 valence electrons. The van der Waals surface area contributed by atoms with E-state index in [0.717, 1.165) is 63.8 Å². The van der Waals surface area contributed by atoms with Crippen molar-refractivity contribution in [3.8, 4) is 10.4 Å². The fourth-order valence-electron chi connectivity index (χ4n) is 4.43. The Labute approximate surface area is 208 Å². The maximum atomic E-state index is 14.4. The molecule has 0 amide bonds. The number of nitrogens with zero attached hydrogens (tertiary/aromatic N) is 3. The average molecular weight is 493 g/mol. The van der Waals surface area contributed by atoms with Crippen LogP contribution < -0.4 is 21.3 Å². The summed E-state index contributed by atoms with van der Waals surface area (Å²) >= 11 is 1.54. The molecular weight excluding hydrogens is 463 g/mol. The van der Waals surface area contributed by atoms with Crippen LogP contribution in [0.4, 0.5) is 15.9 Å². The molecule has 0 bridgehead atoms. The molecule has 4 N–H and O–H groups in total. The van der Waals surface area contributed by atoms with E-state index in [1.54, 1.807) is 17.4 Å². The number of anilines is 2. The molecule has 0 radical (unpaired) electrons. The van der Waals surface area contributed by atoms with Gasteiger partial charge < -0.3 is 26.0 Å². The molecule has 1 atom stereocenters. The van der Waals surface area contributed by atoms with Gasteiger partial charge in [-0.3, -0.25) is 0 Å². The van der Waals surface area contributed by atoms with Crippen LogP contribution in [0.15, 0.2) is 48.5 Å². The van der Waals surface area contributed by atoms with Crippen LogP contribution in [-0.2, 0) is 11.3 Å². The summed E-state index contributed by atoms with van der Waals surface area (Å²) in [6, 6.07) is 15.5. The first-order chi connectivity index (χ1) is 17.0. The normalized spacial score (nSPS) is 14.9. The standard InChI is InChI=1S/C26H29FN6OS/c1-16-18-7-6-17(33-10-12-34-13-11-33)14-20(18)26(32-31-16)30-25(28)24-9-8-23(35-24)19-4-3-5-22(27)21(19)15-29-2/h3-9,14,25,29H,10-13,15,28H2,1-2H3,(H,30,32)/t25-/m0/s1. The molecule has 3 heterocycles. The first-order valence-electron chi connectivity index (χ1n) is 11.7. The Balaban J connectivity index is 1.43. The number of fused-ring (bicyclic) bond motifs is 1. The number of aryl methyl sites for hydroxylation is 1. The lowest BCUT2D eigenvalue weighted by Crippen LogP contribution is -2.36. The summed E-state index contributed by atoms with van der Waals surface area (Å²) in [5.41, 5.74) is 10.1. The summed E-state index contributed by atoms with van der Waals surface area (Å²) in [7, 11) is 1.81. The van der Waals surface area contributed by atoms with E-state index < -0.39 is 6.17 Å². The predicted molar refractivity (Wildman–Crippen MR) is 140 cm³/mol. The zero-order valence-electron chi connectivity index (χ0n) is 19.8. The average Bonchev–Trinajstić information content (AvgIpc) is 3.38. The van der Waals surface area contributed by atoms with Crippen molar-refractivity contribution in [3.05, 3.63) is 70.5 Å². The molecular formula is C26H29FN6OS.